The molecule has 1 fully saturated rings. The first kappa shape index (κ1) is 30.3. The van der Waals surface area contributed by atoms with Gasteiger partial charge in [0.2, 0.25) is 15.9 Å². The van der Waals surface area contributed by atoms with E-state index in [1.54, 1.807) is 18.2 Å². The zero-order valence-electron chi connectivity index (χ0n) is 24.2. The molecule has 0 saturated heterocycles. The molecule has 2 aromatic carbocycles. The maximum atomic E-state index is 12.9. The fourth-order valence-corrected chi connectivity index (χ4v) is 7.44. The number of thioether (sulfide) groups is 1. The van der Waals surface area contributed by atoms with E-state index in [1.165, 1.54) is 47.0 Å². The lowest BCUT2D eigenvalue weighted by atomic mass is 9.86. The molecule has 1 aliphatic rings. The number of benzene rings is 2. The highest BCUT2D eigenvalue weighted by molar-refractivity contribution is 7.99. The van der Waals surface area contributed by atoms with Crippen LogP contribution in [0, 0.1) is 0 Å². The van der Waals surface area contributed by atoms with E-state index in [2.05, 4.69) is 65.1 Å². The van der Waals surface area contributed by atoms with Gasteiger partial charge in [-0.25, -0.2) is 8.42 Å². The van der Waals surface area contributed by atoms with Crippen LogP contribution in [0.3, 0.4) is 0 Å². The van der Waals surface area contributed by atoms with Gasteiger partial charge >= 0.3 is 0 Å². The first-order chi connectivity index (χ1) is 19.0. The molecule has 4 rings (SSSR count). The molecule has 0 atom stereocenters. The Morgan fingerprint density at radius 1 is 1.02 bits per heavy atom. The molecule has 1 saturated carbocycles. The third-order valence-electron chi connectivity index (χ3n) is 7.41. The number of rotatable bonds is 10. The highest BCUT2D eigenvalue weighted by atomic mass is 32.2. The molecule has 1 heterocycles. The Bertz CT molecular complexity index is 1400. The lowest BCUT2D eigenvalue weighted by molar-refractivity contribution is -0.113. The van der Waals surface area contributed by atoms with Crippen molar-refractivity contribution < 1.29 is 13.2 Å². The molecule has 1 aromatic heterocycles. The van der Waals surface area contributed by atoms with Gasteiger partial charge in [-0.05, 0) is 42.0 Å². The first-order valence-corrected chi connectivity index (χ1v) is 16.6. The van der Waals surface area contributed by atoms with E-state index in [-0.39, 0.29) is 22.0 Å². The molecule has 0 bridgehead atoms. The summed E-state index contributed by atoms with van der Waals surface area (Å²) >= 11 is 1.36. The molecular weight excluding hydrogens is 542 g/mol. The van der Waals surface area contributed by atoms with Crippen molar-refractivity contribution in [2.45, 2.75) is 88.2 Å². The Morgan fingerprint density at radius 3 is 2.33 bits per heavy atom. The zero-order chi connectivity index (χ0) is 28.9. The second-order valence-electron chi connectivity index (χ2n) is 11.2. The van der Waals surface area contributed by atoms with Crippen LogP contribution in [0.2, 0.25) is 0 Å². The normalized spacial score (nSPS) is 14.9. The minimum absolute atomic E-state index is 0.0685. The third-order valence-corrected chi connectivity index (χ3v) is 10.4. The van der Waals surface area contributed by atoms with Crippen molar-refractivity contribution in [1.82, 2.24) is 19.1 Å². The van der Waals surface area contributed by atoms with E-state index in [4.69, 9.17) is 0 Å². The molecule has 1 N–H and O–H groups in total. The van der Waals surface area contributed by atoms with Crippen LogP contribution < -0.4 is 5.32 Å². The lowest BCUT2D eigenvalue weighted by Crippen LogP contribution is -2.30. The van der Waals surface area contributed by atoms with Gasteiger partial charge in [0.25, 0.3) is 0 Å². The molecule has 1 amide bonds. The van der Waals surface area contributed by atoms with Crippen molar-refractivity contribution in [3.8, 4) is 11.4 Å². The number of nitrogens with one attached hydrogen (secondary N) is 1. The maximum Gasteiger partial charge on any atom is 0.243 e. The number of carbonyl (C=O) groups is 1. The average Bonchev–Trinajstić information content (AvgIpc) is 3.37. The van der Waals surface area contributed by atoms with E-state index in [9.17, 15) is 13.2 Å². The summed E-state index contributed by atoms with van der Waals surface area (Å²) < 4.78 is 29.4. The summed E-state index contributed by atoms with van der Waals surface area (Å²) in [4.78, 5) is 13.1. The van der Waals surface area contributed by atoms with Crippen LogP contribution in [0.15, 0.2) is 58.6 Å². The van der Waals surface area contributed by atoms with Crippen LogP contribution in [0.1, 0.15) is 78.3 Å². The van der Waals surface area contributed by atoms with Gasteiger partial charge in [-0.15, -0.1) is 10.2 Å². The lowest BCUT2D eigenvalue weighted by Gasteiger charge is -2.26. The SMILES string of the molecule is CCN(CC)S(=O)(=O)c1cccc(NC(=O)CSc2nnc(-c3ccc(C(C)(C)C)cc3)n2C2CCCCC2)c1. The van der Waals surface area contributed by atoms with E-state index < -0.39 is 10.0 Å². The summed E-state index contributed by atoms with van der Waals surface area (Å²) in [5, 5.41) is 12.7. The van der Waals surface area contributed by atoms with E-state index in [1.807, 2.05) is 13.8 Å². The van der Waals surface area contributed by atoms with Gasteiger partial charge in [-0.1, -0.05) is 96.0 Å². The first-order valence-electron chi connectivity index (χ1n) is 14.1. The van der Waals surface area contributed by atoms with Gasteiger partial charge < -0.3 is 5.32 Å². The molecule has 1 aliphatic carbocycles. The molecule has 8 nitrogen and oxygen atoms in total. The largest absolute Gasteiger partial charge is 0.325 e. The second kappa shape index (κ2) is 12.9. The van der Waals surface area contributed by atoms with Crippen LogP contribution in [0.4, 0.5) is 5.69 Å². The quantitative estimate of drug-likeness (QED) is 0.273. The summed E-state index contributed by atoms with van der Waals surface area (Å²) in [6, 6.07) is 15.3. The van der Waals surface area contributed by atoms with E-state index in [0.29, 0.717) is 24.8 Å². The van der Waals surface area contributed by atoms with Crippen LogP contribution in [0.25, 0.3) is 11.4 Å². The number of hydrogen-bond acceptors (Lipinski definition) is 6. The summed E-state index contributed by atoms with van der Waals surface area (Å²) in [6.07, 6.45) is 5.71. The van der Waals surface area contributed by atoms with Crippen LogP contribution in [0.5, 0.6) is 0 Å². The predicted octanol–water partition coefficient (Wildman–Crippen LogP) is 6.51. The van der Waals surface area contributed by atoms with Crippen molar-refractivity contribution in [2.75, 3.05) is 24.2 Å². The summed E-state index contributed by atoms with van der Waals surface area (Å²) in [6.45, 7) is 11.0. The maximum absolute atomic E-state index is 12.9. The molecule has 10 heteroatoms. The predicted molar refractivity (Wildman–Crippen MR) is 162 cm³/mol. The van der Waals surface area contributed by atoms with Gasteiger partial charge in [-0.3, -0.25) is 9.36 Å². The Balaban J connectivity index is 1.51. The number of amides is 1. The number of hydrogen-bond donors (Lipinski definition) is 1. The molecular formula is C30H41N5O3S2. The van der Waals surface area contributed by atoms with Crippen LogP contribution in [-0.4, -0.2) is 52.2 Å². The van der Waals surface area contributed by atoms with Gasteiger partial charge in [0, 0.05) is 30.4 Å². The smallest absolute Gasteiger partial charge is 0.243 e. The molecule has 0 aliphatic heterocycles. The summed E-state index contributed by atoms with van der Waals surface area (Å²) in [7, 11) is -3.61. The fourth-order valence-electron chi connectivity index (χ4n) is 5.13. The van der Waals surface area contributed by atoms with Crippen LogP contribution >= 0.6 is 11.8 Å². The topological polar surface area (TPSA) is 97.2 Å². The second-order valence-corrected chi connectivity index (χ2v) is 14.1. The van der Waals surface area contributed by atoms with E-state index in [0.717, 1.165) is 29.4 Å². The van der Waals surface area contributed by atoms with Crippen molar-refractivity contribution in [3.63, 3.8) is 0 Å². The number of nitrogens with zero attached hydrogens (tertiary/aromatic N) is 4. The highest BCUT2D eigenvalue weighted by Crippen LogP contribution is 2.36. The minimum Gasteiger partial charge on any atom is -0.325 e. The van der Waals surface area contributed by atoms with Gasteiger partial charge in [-0.2, -0.15) is 4.31 Å². The molecule has 0 unspecified atom stereocenters. The minimum atomic E-state index is -3.61. The molecule has 3 aromatic rings. The highest BCUT2D eigenvalue weighted by Gasteiger charge is 2.25. The molecule has 0 radical (unpaired) electrons. The Kier molecular flexibility index (Phi) is 9.74. The zero-order valence-corrected chi connectivity index (χ0v) is 25.8. The number of anilines is 1. The molecule has 216 valence electrons. The van der Waals surface area contributed by atoms with Gasteiger partial charge in [0.05, 0.1) is 10.6 Å². The van der Waals surface area contributed by atoms with Crippen molar-refractivity contribution in [1.29, 1.82) is 0 Å². The average molecular weight is 584 g/mol. The van der Waals surface area contributed by atoms with Crippen LogP contribution in [-0.2, 0) is 20.2 Å². The third kappa shape index (κ3) is 6.95. The Morgan fingerprint density at radius 2 is 1.70 bits per heavy atom. The summed E-state index contributed by atoms with van der Waals surface area (Å²) in [5.41, 5.74) is 2.81. The van der Waals surface area contributed by atoms with Gasteiger partial charge in [0.1, 0.15) is 0 Å². The molecule has 40 heavy (non-hydrogen) atoms. The Hall–Kier alpha value is -2.69. The van der Waals surface area contributed by atoms with Gasteiger partial charge in [0.15, 0.2) is 11.0 Å². The molecule has 0 spiro atoms. The Labute approximate surface area is 243 Å². The monoisotopic (exact) mass is 583 g/mol. The fraction of sp³-hybridized carbons (Fsp3) is 0.500. The van der Waals surface area contributed by atoms with Crippen molar-refractivity contribution >= 4 is 33.4 Å². The van der Waals surface area contributed by atoms with Crippen molar-refractivity contribution in [3.05, 3.63) is 54.1 Å². The van der Waals surface area contributed by atoms with E-state index >= 15 is 0 Å². The summed E-state index contributed by atoms with van der Waals surface area (Å²) in [5.74, 6) is 0.752. The number of sulfonamides is 1. The standard InChI is InChI=1S/C30H41N5O3S2/c1-6-34(7-2)40(37,38)26-15-11-12-24(20-26)31-27(36)21-39-29-33-32-28(35(29)25-13-9-8-10-14-25)22-16-18-23(19-17-22)30(3,4)5/h11-12,15-20,25H,6-10,13-14,21H2,1-5H3,(H,31,36). The number of carbonyl (C=O) groups excluding carboxylic acids is 1. The van der Waals surface area contributed by atoms with Crippen molar-refractivity contribution in [2.24, 2.45) is 0 Å². The number of aromatic nitrogens is 3.